The van der Waals surface area contributed by atoms with E-state index in [1.165, 1.54) is 18.5 Å². The Morgan fingerprint density at radius 1 is 1.50 bits per heavy atom. The van der Waals surface area contributed by atoms with Gasteiger partial charge in [0.1, 0.15) is 0 Å². The molecular weight excluding hydrogens is 226 g/mol. The van der Waals surface area contributed by atoms with Crippen LogP contribution < -0.4 is 5.32 Å². The fraction of sp³-hybridized carbons (Fsp3) is 0.714. The van der Waals surface area contributed by atoms with Gasteiger partial charge in [-0.3, -0.25) is 9.48 Å². The summed E-state index contributed by atoms with van der Waals surface area (Å²) in [7, 11) is 1.98. The molecule has 0 bridgehead atoms. The van der Waals surface area contributed by atoms with Gasteiger partial charge in [-0.2, -0.15) is 5.10 Å². The van der Waals surface area contributed by atoms with Gasteiger partial charge in [0.25, 0.3) is 0 Å². The van der Waals surface area contributed by atoms with Crippen molar-refractivity contribution in [3.05, 3.63) is 17.5 Å². The molecule has 1 aliphatic carbocycles. The average molecular weight is 249 g/mol. The maximum atomic E-state index is 11.7. The molecule has 1 aromatic heterocycles. The molecule has 4 nitrogen and oxygen atoms in total. The van der Waals surface area contributed by atoms with Gasteiger partial charge in [-0.15, -0.1) is 0 Å². The number of aromatic nitrogens is 2. The lowest BCUT2D eigenvalue weighted by Crippen LogP contribution is -2.27. The quantitative estimate of drug-likeness (QED) is 0.890. The van der Waals surface area contributed by atoms with E-state index in [2.05, 4.69) is 37.3 Å². The van der Waals surface area contributed by atoms with Crippen LogP contribution in [0.4, 0.5) is 0 Å². The first-order valence-electron chi connectivity index (χ1n) is 6.65. The molecule has 1 aromatic rings. The Labute approximate surface area is 109 Å². The predicted octanol–water partition coefficient (Wildman–Crippen LogP) is 2.35. The zero-order valence-electron chi connectivity index (χ0n) is 11.8. The maximum absolute atomic E-state index is 11.7. The van der Waals surface area contributed by atoms with E-state index in [0.29, 0.717) is 18.9 Å². The largest absolute Gasteiger partial charge is 0.350 e. The summed E-state index contributed by atoms with van der Waals surface area (Å²) in [6.07, 6.45) is 3.10. The van der Waals surface area contributed by atoms with Crippen molar-refractivity contribution in [2.75, 3.05) is 0 Å². The molecule has 0 aromatic carbocycles. The van der Waals surface area contributed by atoms with Crippen molar-refractivity contribution in [3.63, 3.8) is 0 Å². The first kappa shape index (κ1) is 13.1. The molecule has 0 atom stereocenters. The Morgan fingerprint density at radius 2 is 2.17 bits per heavy atom. The predicted molar refractivity (Wildman–Crippen MR) is 71.1 cm³/mol. The molecule has 1 aliphatic rings. The molecule has 1 N–H and O–H groups in total. The second-order valence-electron chi connectivity index (χ2n) is 6.47. The normalized spacial score (nSPS) is 15.8. The highest BCUT2D eigenvalue weighted by molar-refractivity contribution is 5.76. The highest BCUT2D eigenvalue weighted by Gasteiger charge is 2.27. The fourth-order valence-electron chi connectivity index (χ4n) is 2.12. The first-order valence-corrected chi connectivity index (χ1v) is 6.65. The van der Waals surface area contributed by atoms with Gasteiger partial charge in [0.2, 0.25) is 5.91 Å². The molecular formula is C14H23N3O. The maximum Gasteiger partial charge on any atom is 0.220 e. The van der Waals surface area contributed by atoms with Crippen LogP contribution in [0.2, 0.25) is 0 Å². The number of nitrogens with zero attached hydrogens (tertiary/aromatic N) is 2. The number of carbonyl (C=O) groups excluding carboxylic acids is 1. The monoisotopic (exact) mass is 249 g/mol. The molecule has 18 heavy (non-hydrogen) atoms. The molecule has 4 heteroatoms. The van der Waals surface area contributed by atoms with Crippen LogP contribution in [0.3, 0.4) is 0 Å². The first-order chi connectivity index (χ1) is 8.35. The summed E-state index contributed by atoms with van der Waals surface area (Å²) < 4.78 is 1.95. The summed E-state index contributed by atoms with van der Waals surface area (Å²) >= 11 is 0. The van der Waals surface area contributed by atoms with E-state index < -0.39 is 0 Å². The topological polar surface area (TPSA) is 46.9 Å². The van der Waals surface area contributed by atoms with Gasteiger partial charge in [-0.05, 0) is 24.3 Å². The lowest BCUT2D eigenvalue weighted by atomic mass is 9.92. The molecule has 1 saturated carbocycles. The van der Waals surface area contributed by atoms with Crippen LogP contribution in [0.1, 0.15) is 57.3 Å². The molecule has 0 unspecified atom stereocenters. The molecule has 100 valence electrons. The molecule has 1 amide bonds. The van der Waals surface area contributed by atoms with E-state index in [1.807, 2.05) is 11.7 Å². The van der Waals surface area contributed by atoms with Crippen LogP contribution in [0.25, 0.3) is 0 Å². The minimum atomic E-state index is 0.0351. The number of hydrogen-bond donors (Lipinski definition) is 1. The number of aryl methyl sites for hydroxylation is 1. The van der Waals surface area contributed by atoms with E-state index in [9.17, 15) is 4.79 Å². The van der Waals surface area contributed by atoms with Crippen molar-refractivity contribution in [3.8, 4) is 0 Å². The fourth-order valence-corrected chi connectivity index (χ4v) is 2.12. The van der Waals surface area contributed by atoms with Crippen molar-refractivity contribution in [2.24, 2.45) is 12.5 Å². The van der Waals surface area contributed by atoms with E-state index in [-0.39, 0.29) is 11.3 Å². The van der Waals surface area contributed by atoms with Gasteiger partial charge in [-0.1, -0.05) is 20.8 Å². The van der Waals surface area contributed by atoms with Crippen molar-refractivity contribution >= 4 is 5.91 Å². The molecule has 2 rings (SSSR count). The number of rotatable bonds is 4. The summed E-state index contributed by atoms with van der Waals surface area (Å²) in [5.74, 6) is 0.794. The van der Waals surface area contributed by atoms with Gasteiger partial charge in [0, 0.05) is 25.1 Å². The Hall–Kier alpha value is -1.32. The number of carbonyl (C=O) groups is 1. The Morgan fingerprint density at radius 3 is 2.72 bits per heavy atom. The van der Waals surface area contributed by atoms with E-state index in [1.54, 1.807) is 0 Å². The van der Waals surface area contributed by atoms with Crippen LogP contribution in [-0.2, 0) is 18.4 Å². The third kappa shape index (κ3) is 3.59. The Kier molecular flexibility index (Phi) is 3.46. The van der Waals surface area contributed by atoms with Gasteiger partial charge < -0.3 is 5.32 Å². The summed E-state index contributed by atoms with van der Waals surface area (Å²) in [5.41, 5.74) is 2.30. The van der Waals surface area contributed by atoms with Gasteiger partial charge in [0.15, 0.2) is 0 Å². The summed E-state index contributed by atoms with van der Waals surface area (Å²) in [4.78, 5) is 11.7. The van der Waals surface area contributed by atoms with Gasteiger partial charge in [0.05, 0.1) is 12.2 Å². The third-order valence-electron chi connectivity index (χ3n) is 3.12. The van der Waals surface area contributed by atoms with Crippen LogP contribution >= 0.6 is 0 Å². The van der Waals surface area contributed by atoms with Crippen molar-refractivity contribution in [2.45, 2.75) is 52.5 Å². The number of nitrogens with one attached hydrogen (secondary N) is 1. The Bertz CT molecular complexity index is 438. The standard InChI is InChI=1S/C14H23N3O/c1-14(2,3)8-13(18)15-9-11-7-12(10-5-6-10)17(4)16-11/h7,10H,5-6,8-9H2,1-4H3,(H,15,18). The minimum absolute atomic E-state index is 0.0351. The lowest BCUT2D eigenvalue weighted by molar-refractivity contribution is -0.122. The molecule has 0 aliphatic heterocycles. The molecule has 0 spiro atoms. The minimum Gasteiger partial charge on any atom is -0.350 e. The van der Waals surface area contributed by atoms with Crippen LogP contribution in [0, 0.1) is 5.41 Å². The van der Waals surface area contributed by atoms with Gasteiger partial charge in [-0.25, -0.2) is 0 Å². The summed E-state index contributed by atoms with van der Waals surface area (Å²) in [5, 5.41) is 7.38. The van der Waals surface area contributed by atoms with Crippen molar-refractivity contribution < 1.29 is 4.79 Å². The molecule has 1 fully saturated rings. The SMILES string of the molecule is Cn1nc(CNC(=O)CC(C)(C)C)cc1C1CC1. The van der Waals surface area contributed by atoms with E-state index in [0.717, 1.165) is 5.69 Å². The summed E-state index contributed by atoms with van der Waals surface area (Å²) in [6, 6.07) is 2.12. The van der Waals surface area contributed by atoms with Crippen molar-refractivity contribution in [1.82, 2.24) is 15.1 Å². The van der Waals surface area contributed by atoms with Crippen LogP contribution in [-0.4, -0.2) is 15.7 Å². The zero-order valence-corrected chi connectivity index (χ0v) is 11.8. The number of hydrogen-bond acceptors (Lipinski definition) is 2. The van der Waals surface area contributed by atoms with Crippen LogP contribution in [0.5, 0.6) is 0 Å². The Balaban J connectivity index is 1.86. The molecule has 0 saturated heterocycles. The van der Waals surface area contributed by atoms with E-state index >= 15 is 0 Å². The summed E-state index contributed by atoms with van der Waals surface area (Å²) in [6.45, 7) is 6.74. The van der Waals surface area contributed by atoms with E-state index in [4.69, 9.17) is 0 Å². The average Bonchev–Trinajstić information content (AvgIpc) is 2.98. The number of amides is 1. The highest BCUT2D eigenvalue weighted by Crippen LogP contribution is 2.39. The molecule has 0 radical (unpaired) electrons. The smallest absolute Gasteiger partial charge is 0.220 e. The van der Waals surface area contributed by atoms with Crippen molar-refractivity contribution in [1.29, 1.82) is 0 Å². The highest BCUT2D eigenvalue weighted by atomic mass is 16.1. The second-order valence-corrected chi connectivity index (χ2v) is 6.47. The van der Waals surface area contributed by atoms with Gasteiger partial charge >= 0.3 is 0 Å². The lowest BCUT2D eigenvalue weighted by Gasteiger charge is -2.16. The van der Waals surface area contributed by atoms with Crippen LogP contribution in [0.15, 0.2) is 6.07 Å². The third-order valence-corrected chi connectivity index (χ3v) is 3.12. The second kappa shape index (κ2) is 4.75. The molecule has 1 heterocycles. The zero-order chi connectivity index (χ0) is 13.3.